The molecule has 4 rings (SSSR count). The zero-order chi connectivity index (χ0) is 18.6. The van der Waals surface area contributed by atoms with Crippen LogP contribution >= 0.6 is 11.8 Å². The van der Waals surface area contributed by atoms with Crippen molar-refractivity contribution in [2.75, 3.05) is 5.75 Å². The Hall–Kier alpha value is -2.92. The number of hydrogen-bond donors (Lipinski definition) is 0. The van der Waals surface area contributed by atoms with Crippen LogP contribution in [0.4, 0.5) is 4.39 Å². The van der Waals surface area contributed by atoms with Crippen LogP contribution in [0.15, 0.2) is 77.5 Å². The summed E-state index contributed by atoms with van der Waals surface area (Å²) in [6, 6.07) is 15.7. The van der Waals surface area contributed by atoms with Gasteiger partial charge in [-0.15, -0.1) is 11.8 Å². The molecule has 0 aliphatic carbocycles. The summed E-state index contributed by atoms with van der Waals surface area (Å²) in [5, 5.41) is 0. The van der Waals surface area contributed by atoms with Crippen molar-refractivity contribution >= 4 is 23.6 Å². The van der Waals surface area contributed by atoms with Crippen LogP contribution in [0.2, 0.25) is 0 Å². The minimum atomic E-state index is -0.399. The summed E-state index contributed by atoms with van der Waals surface area (Å²) in [4.78, 5) is 17.7. The van der Waals surface area contributed by atoms with E-state index in [0.717, 1.165) is 16.0 Å². The van der Waals surface area contributed by atoms with Crippen molar-refractivity contribution in [2.24, 2.45) is 0 Å². The van der Waals surface area contributed by atoms with E-state index in [1.807, 2.05) is 42.5 Å². The van der Waals surface area contributed by atoms with Gasteiger partial charge in [0, 0.05) is 45.3 Å². The lowest BCUT2D eigenvalue weighted by Gasteiger charge is -2.17. The number of carbonyl (C=O) groups excluding carboxylic acids is 1. The number of ether oxygens (including phenoxy) is 1. The number of halogens is 1. The van der Waals surface area contributed by atoms with Gasteiger partial charge in [0.25, 0.3) is 0 Å². The summed E-state index contributed by atoms with van der Waals surface area (Å²) in [7, 11) is 0. The van der Waals surface area contributed by atoms with Gasteiger partial charge in [0.15, 0.2) is 5.78 Å². The van der Waals surface area contributed by atoms with Crippen LogP contribution in [0.5, 0.6) is 5.75 Å². The molecule has 3 nitrogen and oxygen atoms in total. The van der Waals surface area contributed by atoms with Crippen LogP contribution in [-0.2, 0) is 6.61 Å². The van der Waals surface area contributed by atoms with Crippen molar-refractivity contribution < 1.29 is 13.9 Å². The monoisotopic (exact) mass is 377 g/mol. The van der Waals surface area contributed by atoms with Crippen LogP contribution < -0.4 is 4.74 Å². The number of para-hydroxylation sites is 1. The molecule has 1 aliphatic heterocycles. The van der Waals surface area contributed by atoms with Crippen molar-refractivity contribution in [3.05, 3.63) is 95.1 Å². The molecular formula is C22H16FNO2S. The van der Waals surface area contributed by atoms with E-state index in [1.54, 1.807) is 18.5 Å². The Morgan fingerprint density at radius 2 is 2.04 bits per heavy atom. The summed E-state index contributed by atoms with van der Waals surface area (Å²) in [6.45, 7) is 0.394. The molecule has 134 valence electrons. The summed E-state index contributed by atoms with van der Waals surface area (Å²) >= 11 is 1.54. The zero-order valence-electron chi connectivity index (χ0n) is 14.4. The Morgan fingerprint density at radius 1 is 1.15 bits per heavy atom. The first-order valence-electron chi connectivity index (χ1n) is 8.49. The Labute approximate surface area is 160 Å². The van der Waals surface area contributed by atoms with Gasteiger partial charge in [-0.3, -0.25) is 9.78 Å². The topological polar surface area (TPSA) is 39.2 Å². The molecule has 2 aromatic carbocycles. The number of ketones is 1. The van der Waals surface area contributed by atoms with Crippen molar-refractivity contribution in [3.63, 3.8) is 0 Å². The van der Waals surface area contributed by atoms with Crippen molar-refractivity contribution in [2.45, 2.75) is 11.5 Å². The van der Waals surface area contributed by atoms with Crippen LogP contribution in [0.1, 0.15) is 21.5 Å². The Balaban J connectivity index is 1.60. The molecule has 0 N–H and O–H groups in total. The van der Waals surface area contributed by atoms with E-state index in [4.69, 9.17) is 4.74 Å². The number of rotatable bonds is 4. The van der Waals surface area contributed by atoms with Gasteiger partial charge in [-0.25, -0.2) is 4.39 Å². The fourth-order valence-electron chi connectivity index (χ4n) is 2.87. The second-order valence-electron chi connectivity index (χ2n) is 6.12. The lowest BCUT2D eigenvalue weighted by Crippen LogP contribution is -2.12. The number of thioether (sulfide) groups is 1. The molecule has 27 heavy (non-hydrogen) atoms. The third-order valence-corrected chi connectivity index (χ3v) is 5.35. The quantitative estimate of drug-likeness (QED) is 0.588. The molecule has 0 spiro atoms. The van der Waals surface area contributed by atoms with Gasteiger partial charge < -0.3 is 4.74 Å². The molecule has 1 aromatic heterocycles. The van der Waals surface area contributed by atoms with Gasteiger partial charge in [0.1, 0.15) is 18.2 Å². The number of fused-ring (bicyclic) bond motifs is 1. The van der Waals surface area contributed by atoms with Crippen LogP contribution in [0.3, 0.4) is 0 Å². The molecule has 0 saturated carbocycles. The van der Waals surface area contributed by atoms with Gasteiger partial charge in [-0.2, -0.15) is 0 Å². The molecule has 0 saturated heterocycles. The average Bonchev–Trinajstić information content (AvgIpc) is 2.70. The Bertz CT molecular complexity index is 1020. The molecule has 1 aliphatic rings. The maximum Gasteiger partial charge on any atom is 0.191 e. The summed E-state index contributed by atoms with van der Waals surface area (Å²) < 4.78 is 19.5. The number of carbonyl (C=O) groups is 1. The van der Waals surface area contributed by atoms with Gasteiger partial charge in [-0.05, 0) is 36.4 Å². The highest BCUT2D eigenvalue weighted by molar-refractivity contribution is 7.99. The highest BCUT2D eigenvalue weighted by atomic mass is 32.2. The van der Waals surface area contributed by atoms with Gasteiger partial charge in [-0.1, -0.05) is 24.3 Å². The van der Waals surface area contributed by atoms with Crippen LogP contribution in [-0.4, -0.2) is 16.5 Å². The molecular weight excluding hydrogens is 361 g/mol. The van der Waals surface area contributed by atoms with Crippen LogP contribution in [0.25, 0.3) is 6.08 Å². The summed E-state index contributed by atoms with van der Waals surface area (Å²) in [5.74, 6) is 0.708. The van der Waals surface area contributed by atoms with E-state index in [1.165, 1.54) is 23.9 Å². The third-order valence-electron chi connectivity index (χ3n) is 4.23. The van der Waals surface area contributed by atoms with Gasteiger partial charge in [0.05, 0.1) is 0 Å². The third kappa shape index (κ3) is 3.93. The number of hydrogen-bond acceptors (Lipinski definition) is 4. The summed E-state index contributed by atoms with van der Waals surface area (Å²) in [5.41, 5.74) is 2.85. The summed E-state index contributed by atoms with van der Waals surface area (Å²) in [6.07, 6.45) is 5.31. The molecule has 2 heterocycles. The second kappa shape index (κ2) is 7.76. The molecule has 0 unspecified atom stereocenters. The lowest BCUT2D eigenvalue weighted by atomic mass is 10.0. The highest BCUT2D eigenvalue weighted by Crippen LogP contribution is 2.34. The first-order chi connectivity index (χ1) is 13.2. The van der Waals surface area contributed by atoms with Gasteiger partial charge >= 0.3 is 0 Å². The first kappa shape index (κ1) is 17.5. The highest BCUT2D eigenvalue weighted by Gasteiger charge is 2.23. The number of pyridine rings is 1. The smallest absolute Gasteiger partial charge is 0.191 e. The molecule has 0 radical (unpaired) electrons. The number of benzene rings is 2. The van der Waals surface area contributed by atoms with E-state index in [-0.39, 0.29) is 5.78 Å². The predicted molar refractivity (Wildman–Crippen MR) is 104 cm³/mol. The second-order valence-corrected chi connectivity index (χ2v) is 7.13. The van der Waals surface area contributed by atoms with Crippen molar-refractivity contribution in [1.29, 1.82) is 0 Å². The number of nitrogens with zero attached hydrogens (tertiary/aromatic N) is 1. The molecule has 0 atom stereocenters. The normalized spacial score (nSPS) is 14.9. The number of aromatic nitrogens is 1. The van der Waals surface area contributed by atoms with Crippen LogP contribution in [0, 0.1) is 5.82 Å². The average molecular weight is 377 g/mol. The van der Waals surface area contributed by atoms with E-state index < -0.39 is 5.82 Å². The fraction of sp³-hybridized carbons (Fsp3) is 0.0909. The van der Waals surface area contributed by atoms with Gasteiger partial charge in [0.2, 0.25) is 0 Å². The minimum Gasteiger partial charge on any atom is -0.488 e. The molecule has 5 heteroatoms. The van der Waals surface area contributed by atoms with Crippen molar-refractivity contribution in [3.8, 4) is 5.75 Å². The van der Waals surface area contributed by atoms with E-state index in [0.29, 0.717) is 29.2 Å². The molecule has 3 aromatic rings. The molecule has 0 bridgehead atoms. The maximum atomic E-state index is 13.5. The van der Waals surface area contributed by atoms with Crippen molar-refractivity contribution in [1.82, 2.24) is 4.98 Å². The SMILES string of the molecule is O=C1/C(=C/c2ccccc2OCc2cccnc2)CSc2ccc(F)cc21. The Morgan fingerprint density at radius 3 is 2.89 bits per heavy atom. The fourth-order valence-corrected chi connectivity index (χ4v) is 3.87. The van der Waals surface area contributed by atoms with E-state index in [9.17, 15) is 9.18 Å². The zero-order valence-corrected chi connectivity index (χ0v) is 15.2. The lowest BCUT2D eigenvalue weighted by molar-refractivity contribution is 0.103. The molecule has 0 amide bonds. The largest absolute Gasteiger partial charge is 0.488 e. The number of Topliss-reactive ketones (excluding diaryl/α,β-unsaturated/α-hetero) is 1. The standard InChI is InChI=1S/C22H16FNO2S/c23-18-7-8-21-19(11-18)22(25)17(14-27-21)10-16-5-1-2-6-20(16)26-13-15-4-3-9-24-12-15/h1-12H,13-14H2/b17-10+. The van der Waals surface area contributed by atoms with E-state index >= 15 is 0 Å². The predicted octanol–water partition coefficient (Wildman–Crippen LogP) is 5.17. The Kier molecular flexibility index (Phi) is 5.03. The molecule has 0 fully saturated rings. The maximum absolute atomic E-state index is 13.5. The van der Waals surface area contributed by atoms with E-state index in [2.05, 4.69) is 4.98 Å². The first-order valence-corrected chi connectivity index (χ1v) is 9.47. The minimum absolute atomic E-state index is 0.134.